The molecule has 0 saturated carbocycles. The van der Waals surface area contributed by atoms with Gasteiger partial charge in [-0.05, 0) is 62.2 Å². The van der Waals surface area contributed by atoms with Gasteiger partial charge in [-0.15, -0.1) is 0 Å². The molecule has 0 spiro atoms. The van der Waals surface area contributed by atoms with E-state index < -0.39 is 8.07 Å². The van der Waals surface area contributed by atoms with E-state index in [2.05, 4.69) is 144 Å². The summed E-state index contributed by atoms with van der Waals surface area (Å²) in [5.74, 6) is 0. The fraction of sp³-hybridized carbons (Fsp3) is 0. The van der Waals surface area contributed by atoms with Gasteiger partial charge in [-0.25, -0.2) is 0 Å². The molecule has 4 heteroatoms. The number of rotatable bonds is 6. The molecule has 8 rings (SSSR count). The van der Waals surface area contributed by atoms with Crippen LogP contribution in [0.1, 0.15) is 11.1 Å². The van der Waals surface area contributed by atoms with Crippen molar-refractivity contribution < 1.29 is 0 Å². The number of benzene rings is 7. The molecular formula is C44H29N3Si. The molecule has 0 N–H and O–H groups in total. The van der Waals surface area contributed by atoms with Gasteiger partial charge >= 0.3 is 0 Å². The van der Waals surface area contributed by atoms with E-state index in [1.807, 2.05) is 48.5 Å². The summed E-state index contributed by atoms with van der Waals surface area (Å²) in [7, 11) is -3.07. The quantitative estimate of drug-likeness (QED) is 0.141. The largest absolute Gasteiger partial charge is 0.308 e. The maximum absolute atomic E-state index is 10.8. The number of para-hydroxylation sites is 2. The highest BCUT2D eigenvalue weighted by Crippen LogP contribution is 2.34. The van der Waals surface area contributed by atoms with Crippen LogP contribution in [0.5, 0.6) is 0 Å². The van der Waals surface area contributed by atoms with Crippen molar-refractivity contribution in [3.8, 4) is 29.0 Å². The van der Waals surface area contributed by atoms with Crippen molar-refractivity contribution in [2.24, 2.45) is 0 Å². The second-order valence-corrected chi connectivity index (χ2v) is 15.6. The van der Waals surface area contributed by atoms with E-state index in [1.165, 1.54) is 15.6 Å². The molecule has 8 aromatic rings. The first-order chi connectivity index (χ1) is 23.8. The Hall–Kier alpha value is -6.46. The predicted octanol–water partition coefficient (Wildman–Crippen LogP) is 7.57. The van der Waals surface area contributed by atoms with Crippen LogP contribution in [0.4, 0.5) is 0 Å². The second-order valence-electron chi connectivity index (χ2n) is 11.9. The molecule has 224 valence electrons. The number of hydrogen-bond acceptors (Lipinski definition) is 2. The Balaban J connectivity index is 1.45. The Kier molecular flexibility index (Phi) is 7.27. The first kappa shape index (κ1) is 29.0. The maximum atomic E-state index is 10.8. The van der Waals surface area contributed by atoms with E-state index in [1.54, 1.807) is 0 Å². The summed E-state index contributed by atoms with van der Waals surface area (Å²) in [6, 6.07) is 65.9. The average Bonchev–Trinajstić information content (AvgIpc) is 3.50. The fourth-order valence-corrected chi connectivity index (χ4v) is 12.6. The summed E-state index contributed by atoms with van der Waals surface area (Å²) >= 11 is 0. The van der Waals surface area contributed by atoms with E-state index in [4.69, 9.17) is 0 Å². The van der Waals surface area contributed by atoms with Gasteiger partial charge in [0, 0.05) is 10.8 Å². The maximum Gasteiger partial charge on any atom is 0.181 e. The van der Waals surface area contributed by atoms with Crippen LogP contribution in [0.2, 0.25) is 0 Å². The molecule has 0 radical (unpaired) electrons. The van der Waals surface area contributed by atoms with Crippen molar-refractivity contribution in [2.45, 2.75) is 0 Å². The monoisotopic (exact) mass is 627 g/mol. The minimum atomic E-state index is -3.07. The SMILES string of the molecule is N#Cc1cc(-c2cccc(C#N)c2[Si](c2ccccc2)(c2ccccc2)c2ccccc2)ccc1-n1c2ccccc2c2ccccc21. The number of aromatic nitrogens is 1. The van der Waals surface area contributed by atoms with Gasteiger partial charge in [0.25, 0.3) is 0 Å². The Labute approximate surface area is 280 Å². The van der Waals surface area contributed by atoms with Crippen molar-refractivity contribution in [3.63, 3.8) is 0 Å². The van der Waals surface area contributed by atoms with Gasteiger partial charge < -0.3 is 4.57 Å². The smallest absolute Gasteiger partial charge is 0.181 e. The Morgan fingerprint density at radius 1 is 0.438 bits per heavy atom. The lowest BCUT2D eigenvalue weighted by Gasteiger charge is -2.36. The summed E-state index contributed by atoms with van der Waals surface area (Å²) in [4.78, 5) is 0. The average molecular weight is 628 g/mol. The first-order valence-electron chi connectivity index (χ1n) is 16.0. The van der Waals surface area contributed by atoms with Crippen molar-refractivity contribution in [3.05, 3.63) is 187 Å². The summed E-state index contributed by atoms with van der Waals surface area (Å²) in [6.45, 7) is 0. The number of nitriles is 2. The van der Waals surface area contributed by atoms with E-state index in [0.717, 1.165) is 43.8 Å². The lowest BCUT2D eigenvalue weighted by molar-refractivity contribution is 1.17. The third-order valence-electron chi connectivity index (χ3n) is 9.43. The van der Waals surface area contributed by atoms with Crippen molar-refractivity contribution in [2.75, 3.05) is 0 Å². The summed E-state index contributed by atoms with van der Waals surface area (Å²) in [6.07, 6.45) is 0. The van der Waals surface area contributed by atoms with Crippen LogP contribution in [-0.4, -0.2) is 12.6 Å². The zero-order chi connectivity index (χ0) is 32.5. The molecule has 0 aliphatic carbocycles. The zero-order valence-electron chi connectivity index (χ0n) is 26.1. The Morgan fingerprint density at radius 3 is 1.42 bits per heavy atom. The molecule has 0 unspecified atom stereocenters. The number of fused-ring (bicyclic) bond motifs is 3. The molecule has 7 aromatic carbocycles. The van der Waals surface area contributed by atoms with Crippen LogP contribution in [0.15, 0.2) is 176 Å². The molecule has 1 aromatic heterocycles. The number of hydrogen-bond donors (Lipinski definition) is 0. The van der Waals surface area contributed by atoms with Crippen molar-refractivity contribution in [1.82, 2.24) is 4.57 Å². The van der Waals surface area contributed by atoms with Crippen molar-refractivity contribution in [1.29, 1.82) is 10.5 Å². The van der Waals surface area contributed by atoms with Gasteiger partial charge in [0.15, 0.2) is 8.07 Å². The summed E-state index contributed by atoms with van der Waals surface area (Å²) in [5, 5.41) is 28.4. The molecule has 48 heavy (non-hydrogen) atoms. The second kappa shape index (κ2) is 12.0. The van der Waals surface area contributed by atoms with E-state index in [9.17, 15) is 10.5 Å². The minimum absolute atomic E-state index is 0.568. The van der Waals surface area contributed by atoms with Gasteiger partial charge in [-0.1, -0.05) is 146 Å². The number of nitrogens with zero attached hydrogens (tertiary/aromatic N) is 3. The van der Waals surface area contributed by atoms with E-state index in [0.29, 0.717) is 11.1 Å². The minimum Gasteiger partial charge on any atom is -0.308 e. The van der Waals surface area contributed by atoms with E-state index >= 15 is 0 Å². The molecular weight excluding hydrogens is 599 g/mol. The van der Waals surface area contributed by atoms with Crippen LogP contribution >= 0.6 is 0 Å². The molecule has 0 saturated heterocycles. The Morgan fingerprint density at radius 2 is 0.917 bits per heavy atom. The Bertz CT molecular complexity index is 2370. The van der Waals surface area contributed by atoms with Gasteiger partial charge in [0.05, 0.1) is 33.9 Å². The fourth-order valence-electron chi connectivity index (χ4n) is 7.46. The summed E-state index contributed by atoms with van der Waals surface area (Å²) < 4.78 is 2.19. The highest BCUT2D eigenvalue weighted by Gasteiger charge is 2.44. The van der Waals surface area contributed by atoms with E-state index in [-0.39, 0.29) is 0 Å². The third-order valence-corrected chi connectivity index (χ3v) is 14.3. The predicted molar refractivity (Wildman–Crippen MR) is 199 cm³/mol. The normalized spacial score (nSPS) is 11.3. The van der Waals surface area contributed by atoms with Gasteiger partial charge in [0.1, 0.15) is 6.07 Å². The molecule has 0 bridgehead atoms. The molecule has 3 nitrogen and oxygen atoms in total. The van der Waals surface area contributed by atoms with Crippen LogP contribution in [-0.2, 0) is 0 Å². The summed E-state index contributed by atoms with van der Waals surface area (Å²) in [5.41, 5.74) is 6.01. The first-order valence-corrected chi connectivity index (χ1v) is 18.0. The van der Waals surface area contributed by atoms with Crippen LogP contribution in [0.25, 0.3) is 38.6 Å². The molecule has 0 amide bonds. The standard InChI is InChI=1S/C44H29N3Si/c45-30-33-15-14-24-38(44(33)48(35-16-4-1-5-17-35,36-18-6-2-7-19-36)37-20-8-3-9-21-37)32-27-28-41(34(29-32)31-46)47-42-25-12-10-22-39(42)40-23-11-13-26-43(40)47/h1-29H. The molecule has 0 fully saturated rings. The van der Waals surface area contributed by atoms with Crippen LogP contribution in [0, 0.1) is 22.7 Å². The topological polar surface area (TPSA) is 52.5 Å². The van der Waals surface area contributed by atoms with Gasteiger partial charge in [0.2, 0.25) is 0 Å². The van der Waals surface area contributed by atoms with Gasteiger partial charge in [-0.3, -0.25) is 0 Å². The molecule has 0 aliphatic rings. The van der Waals surface area contributed by atoms with Crippen LogP contribution < -0.4 is 20.7 Å². The molecule has 0 aliphatic heterocycles. The van der Waals surface area contributed by atoms with Crippen molar-refractivity contribution >= 4 is 50.6 Å². The third kappa shape index (κ3) is 4.48. The lowest BCUT2D eigenvalue weighted by Crippen LogP contribution is -2.75. The molecule has 1 heterocycles. The lowest BCUT2D eigenvalue weighted by atomic mass is 10.00. The highest BCUT2D eigenvalue weighted by molar-refractivity contribution is 7.20. The highest BCUT2D eigenvalue weighted by atomic mass is 28.3. The van der Waals surface area contributed by atoms with Crippen LogP contribution in [0.3, 0.4) is 0 Å². The molecule has 0 atom stereocenters. The van der Waals surface area contributed by atoms with Gasteiger partial charge in [-0.2, -0.15) is 10.5 Å². The zero-order valence-corrected chi connectivity index (χ0v) is 27.1.